The number of nitrogens with one attached hydrogen (secondary N) is 1. The second kappa shape index (κ2) is 7.61. The Hall–Kier alpha value is -2.52. The molecule has 3 aromatic rings. The highest BCUT2D eigenvalue weighted by Gasteiger charge is 2.23. The van der Waals surface area contributed by atoms with Gasteiger partial charge < -0.3 is 9.30 Å². The number of thioether (sulfide) groups is 1. The Morgan fingerprint density at radius 2 is 2.07 bits per heavy atom. The van der Waals surface area contributed by atoms with Crippen LogP contribution in [0, 0.1) is 0 Å². The molecule has 0 fully saturated rings. The summed E-state index contributed by atoms with van der Waals surface area (Å²) in [6.45, 7) is 1.94. The molecule has 2 heterocycles. The molecule has 0 spiro atoms. The lowest BCUT2D eigenvalue weighted by molar-refractivity contribution is -0.139. The molecule has 1 atom stereocenters. The average molecular weight is 409 g/mol. The summed E-state index contributed by atoms with van der Waals surface area (Å²) >= 11 is 7.41. The van der Waals surface area contributed by atoms with E-state index in [4.69, 9.17) is 16.3 Å². The largest absolute Gasteiger partial charge is 0.468 e. The van der Waals surface area contributed by atoms with E-state index in [1.54, 1.807) is 17.6 Å². The van der Waals surface area contributed by atoms with Gasteiger partial charge in [0.05, 0.1) is 13.7 Å². The Labute approximate surface area is 163 Å². The van der Waals surface area contributed by atoms with Crippen molar-refractivity contribution >= 4 is 40.5 Å². The fourth-order valence-electron chi connectivity index (χ4n) is 2.62. The van der Waals surface area contributed by atoms with Gasteiger partial charge in [0.1, 0.15) is 5.25 Å². The van der Waals surface area contributed by atoms with Gasteiger partial charge in [-0.2, -0.15) is 0 Å². The van der Waals surface area contributed by atoms with Gasteiger partial charge in [0.25, 0.3) is 5.56 Å². The number of rotatable bonds is 5. The van der Waals surface area contributed by atoms with Crippen LogP contribution in [-0.4, -0.2) is 37.4 Å². The van der Waals surface area contributed by atoms with E-state index in [2.05, 4.69) is 9.97 Å². The molecule has 1 aromatic carbocycles. The molecule has 0 saturated carbocycles. The van der Waals surface area contributed by atoms with Crippen molar-refractivity contribution < 1.29 is 9.53 Å². The van der Waals surface area contributed by atoms with Gasteiger partial charge in [0, 0.05) is 12.1 Å². The van der Waals surface area contributed by atoms with Crippen molar-refractivity contribution in [3.8, 4) is 0 Å². The third-order valence-electron chi connectivity index (χ3n) is 4.07. The van der Waals surface area contributed by atoms with Crippen LogP contribution in [0.1, 0.15) is 12.5 Å². The average Bonchev–Trinajstić information content (AvgIpc) is 2.99. The molecule has 3 rings (SSSR count). The number of aromatic amines is 1. The summed E-state index contributed by atoms with van der Waals surface area (Å²) in [5, 5.41) is 0.403. The zero-order valence-corrected chi connectivity index (χ0v) is 16.4. The summed E-state index contributed by atoms with van der Waals surface area (Å²) in [5.74, 6) is -0.417. The summed E-state index contributed by atoms with van der Waals surface area (Å²) in [6, 6.07) is 7.23. The minimum atomic E-state index is -0.563. The number of imidazole rings is 1. The molecule has 1 N–H and O–H groups in total. The van der Waals surface area contributed by atoms with Crippen molar-refractivity contribution in [2.24, 2.45) is 7.05 Å². The molecule has 142 valence electrons. The summed E-state index contributed by atoms with van der Waals surface area (Å²) in [4.78, 5) is 42.9. The van der Waals surface area contributed by atoms with Gasteiger partial charge in [-0.3, -0.25) is 19.1 Å². The van der Waals surface area contributed by atoms with Gasteiger partial charge in [-0.15, -0.1) is 0 Å². The third kappa shape index (κ3) is 3.65. The predicted octanol–water partition coefficient (Wildman–Crippen LogP) is 1.78. The summed E-state index contributed by atoms with van der Waals surface area (Å²) in [6.07, 6.45) is 0. The number of aryl methyl sites for hydroxylation is 1. The van der Waals surface area contributed by atoms with E-state index in [9.17, 15) is 14.4 Å². The van der Waals surface area contributed by atoms with Gasteiger partial charge in [0.2, 0.25) is 0 Å². The van der Waals surface area contributed by atoms with Crippen LogP contribution >= 0.6 is 23.4 Å². The minimum Gasteiger partial charge on any atom is -0.468 e. The molecule has 2 aromatic heterocycles. The number of carbonyl (C=O) groups is 1. The number of methoxy groups -OCH3 is 1. The van der Waals surface area contributed by atoms with E-state index in [1.807, 2.05) is 18.2 Å². The highest BCUT2D eigenvalue weighted by molar-refractivity contribution is 8.00. The highest BCUT2D eigenvalue weighted by Crippen LogP contribution is 2.28. The number of hydrogen-bond acceptors (Lipinski definition) is 6. The number of nitrogens with zero attached hydrogens (tertiary/aromatic N) is 3. The van der Waals surface area contributed by atoms with Gasteiger partial charge in [-0.1, -0.05) is 41.6 Å². The van der Waals surface area contributed by atoms with Crippen molar-refractivity contribution in [1.82, 2.24) is 19.1 Å². The lowest BCUT2D eigenvalue weighted by Crippen LogP contribution is -2.29. The Morgan fingerprint density at radius 3 is 2.74 bits per heavy atom. The van der Waals surface area contributed by atoms with E-state index in [-0.39, 0.29) is 17.7 Å². The SMILES string of the molecule is COC(=O)C(C)Sc1nc2c(c(=O)[nH]c(=O)n2C)n1Cc1ccccc1Cl. The second-order valence-electron chi connectivity index (χ2n) is 5.85. The normalized spacial score (nSPS) is 12.3. The number of aromatic nitrogens is 4. The molecule has 27 heavy (non-hydrogen) atoms. The van der Waals surface area contributed by atoms with E-state index in [0.717, 1.165) is 17.3 Å². The highest BCUT2D eigenvalue weighted by atomic mass is 35.5. The molecule has 0 aliphatic rings. The maximum atomic E-state index is 12.5. The van der Waals surface area contributed by atoms with Crippen molar-refractivity contribution in [3.05, 3.63) is 55.7 Å². The molecule has 0 aliphatic heterocycles. The van der Waals surface area contributed by atoms with E-state index < -0.39 is 22.5 Å². The lowest BCUT2D eigenvalue weighted by atomic mass is 10.2. The minimum absolute atomic E-state index is 0.232. The molecule has 8 nitrogen and oxygen atoms in total. The zero-order chi connectivity index (χ0) is 19.7. The smallest absolute Gasteiger partial charge is 0.329 e. The summed E-state index contributed by atoms with van der Waals surface area (Å²) < 4.78 is 7.67. The first-order valence-electron chi connectivity index (χ1n) is 8.01. The van der Waals surface area contributed by atoms with E-state index in [0.29, 0.717) is 10.2 Å². The van der Waals surface area contributed by atoms with E-state index >= 15 is 0 Å². The zero-order valence-electron chi connectivity index (χ0n) is 14.9. The second-order valence-corrected chi connectivity index (χ2v) is 7.56. The monoisotopic (exact) mass is 408 g/mol. The summed E-state index contributed by atoms with van der Waals surface area (Å²) in [7, 11) is 2.83. The Bertz CT molecular complexity index is 1130. The maximum Gasteiger partial charge on any atom is 0.329 e. The van der Waals surface area contributed by atoms with Crippen molar-refractivity contribution in [1.29, 1.82) is 0 Å². The standard InChI is InChI=1S/C17H17ClN4O4S/c1-9(15(24)26-3)27-17-19-13-12(14(23)20-16(25)21(13)2)22(17)8-10-6-4-5-7-11(10)18/h4-7,9H,8H2,1-3H3,(H,20,23,25). The number of carbonyl (C=O) groups excluding carboxylic acids is 1. The fraction of sp³-hybridized carbons (Fsp3) is 0.294. The maximum absolute atomic E-state index is 12.5. The molecule has 0 bridgehead atoms. The van der Waals surface area contributed by atoms with Crippen LogP contribution in [0.25, 0.3) is 11.2 Å². The van der Waals surface area contributed by atoms with Crippen molar-refractivity contribution in [2.75, 3.05) is 7.11 Å². The number of ether oxygens (including phenoxy) is 1. The molecule has 0 radical (unpaired) electrons. The molecule has 10 heteroatoms. The van der Waals surface area contributed by atoms with Gasteiger partial charge in [-0.25, -0.2) is 9.78 Å². The number of fused-ring (bicyclic) bond motifs is 1. The topological polar surface area (TPSA) is 99.0 Å². The lowest BCUT2D eigenvalue weighted by Gasteiger charge is -2.12. The fourth-order valence-corrected chi connectivity index (χ4v) is 3.75. The molecular formula is C17H17ClN4O4S. The number of H-pyrrole nitrogens is 1. The van der Waals surface area contributed by atoms with Crippen LogP contribution in [-0.2, 0) is 23.1 Å². The van der Waals surface area contributed by atoms with Crippen LogP contribution in [0.3, 0.4) is 0 Å². The van der Waals surface area contributed by atoms with Gasteiger partial charge >= 0.3 is 11.7 Å². The Balaban J connectivity index is 2.21. The van der Waals surface area contributed by atoms with Gasteiger partial charge in [0.15, 0.2) is 16.3 Å². The van der Waals surface area contributed by atoms with Crippen LogP contribution in [0.4, 0.5) is 0 Å². The number of benzene rings is 1. The first kappa shape index (κ1) is 19.2. The van der Waals surface area contributed by atoms with Crippen LogP contribution < -0.4 is 11.2 Å². The Morgan fingerprint density at radius 1 is 1.37 bits per heavy atom. The number of esters is 1. The molecule has 0 aliphatic carbocycles. The predicted molar refractivity (Wildman–Crippen MR) is 103 cm³/mol. The van der Waals surface area contributed by atoms with Gasteiger partial charge in [-0.05, 0) is 18.6 Å². The number of hydrogen-bond donors (Lipinski definition) is 1. The molecule has 1 unspecified atom stereocenters. The number of halogens is 1. The van der Waals surface area contributed by atoms with Crippen LogP contribution in [0.5, 0.6) is 0 Å². The quantitative estimate of drug-likeness (QED) is 0.510. The van der Waals surface area contributed by atoms with Crippen LogP contribution in [0.15, 0.2) is 39.0 Å². The molecule has 0 saturated heterocycles. The van der Waals surface area contributed by atoms with E-state index in [1.165, 1.54) is 18.7 Å². The first-order valence-corrected chi connectivity index (χ1v) is 9.26. The van der Waals surface area contributed by atoms with Crippen molar-refractivity contribution in [2.45, 2.75) is 23.9 Å². The van der Waals surface area contributed by atoms with Crippen molar-refractivity contribution in [3.63, 3.8) is 0 Å². The molecular weight excluding hydrogens is 392 g/mol. The molecule has 0 amide bonds. The third-order valence-corrected chi connectivity index (χ3v) is 5.51. The summed E-state index contributed by atoms with van der Waals surface area (Å²) in [5.41, 5.74) is 0.129. The Kier molecular flexibility index (Phi) is 5.43. The van der Waals surface area contributed by atoms with Crippen LogP contribution in [0.2, 0.25) is 5.02 Å². The first-order chi connectivity index (χ1) is 12.8.